The maximum Gasteiger partial charge on any atom is 0.335 e. The Bertz CT molecular complexity index is 609. The molecule has 98 valence electrons. The molecule has 4 heteroatoms. The SMILES string of the molecule is CCc1cc(C(=O)O)cc(Nc2cccc(C)c2)n1. The molecule has 0 atom stereocenters. The molecule has 1 aromatic heterocycles. The first-order chi connectivity index (χ1) is 9.08. The van der Waals surface area contributed by atoms with Crippen LogP contribution in [0.2, 0.25) is 0 Å². The van der Waals surface area contributed by atoms with E-state index in [1.54, 1.807) is 12.1 Å². The number of rotatable bonds is 4. The predicted molar refractivity (Wildman–Crippen MR) is 75.0 cm³/mol. The number of hydrogen-bond acceptors (Lipinski definition) is 3. The van der Waals surface area contributed by atoms with Gasteiger partial charge in [0.2, 0.25) is 0 Å². The molecule has 1 aromatic carbocycles. The number of benzene rings is 1. The Balaban J connectivity index is 2.34. The van der Waals surface area contributed by atoms with E-state index in [9.17, 15) is 4.79 Å². The van der Waals surface area contributed by atoms with Gasteiger partial charge in [-0.2, -0.15) is 0 Å². The molecule has 2 aromatic rings. The van der Waals surface area contributed by atoms with Crippen molar-refractivity contribution < 1.29 is 9.90 Å². The standard InChI is InChI=1S/C15H16N2O2/c1-3-12-8-11(15(18)19)9-14(16-12)17-13-6-4-5-10(2)7-13/h4-9H,3H2,1-2H3,(H,16,17)(H,18,19). The number of aromatic nitrogens is 1. The summed E-state index contributed by atoms with van der Waals surface area (Å²) < 4.78 is 0. The van der Waals surface area contributed by atoms with Gasteiger partial charge in [-0.1, -0.05) is 19.1 Å². The number of aromatic carboxylic acids is 1. The average Bonchev–Trinajstić information content (AvgIpc) is 2.38. The maximum atomic E-state index is 11.1. The Kier molecular flexibility index (Phi) is 3.80. The molecule has 0 amide bonds. The van der Waals surface area contributed by atoms with E-state index in [4.69, 9.17) is 5.11 Å². The smallest absolute Gasteiger partial charge is 0.335 e. The van der Waals surface area contributed by atoms with Gasteiger partial charge in [0.05, 0.1) is 5.56 Å². The van der Waals surface area contributed by atoms with Crippen molar-refractivity contribution in [2.45, 2.75) is 20.3 Å². The first-order valence-corrected chi connectivity index (χ1v) is 6.16. The molecule has 0 fully saturated rings. The van der Waals surface area contributed by atoms with E-state index in [2.05, 4.69) is 10.3 Å². The molecule has 2 N–H and O–H groups in total. The summed E-state index contributed by atoms with van der Waals surface area (Å²) in [6.07, 6.45) is 0.698. The molecule has 0 unspecified atom stereocenters. The summed E-state index contributed by atoms with van der Waals surface area (Å²) in [4.78, 5) is 15.5. The molecule has 2 rings (SSSR count). The molecule has 0 aliphatic heterocycles. The van der Waals surface area contributed by atoms with Gasteiger partial charge in [0.25, 0.3) is 0 Å². The van der Waals surface area contributed by atoms with Crippen molar-refractivity contribution in [1.82, 2.24) is 4.98 Å². The highest BCUT2D eigenvalue weighted by Crippen LogP contribution is 2.18. The van der Waals surface area contributed by atoms with Gasteiger partial charge in [0.15, 0.2) is 0 Å². The highest BCUT2D eigenvalue weighted by atomic mass is 16.4. The summed E-state index contributed by atoms with van der Waals surface area (Å²) in [5, 5.41) is 12.2. The number of carboxylic acids is 1. The number of nitrogens with one attached hydrogen (secondary N) is 1. The van der Waals surface area contributed by atoms with Gasteiger partial charge in [0, 0.05) is 11.4 Å². The Morgan fingerprint density at radius 2 is 2.11 bits per heavy atom. The monoisotopic (exact) mass is 256 g/mol. The topological polar surface area (TPSA) is 62.2 Å². The van der Waals surface area contributed by atoms with E-state index < -0.39 is 5.97 Å². The van der Waals surface area contributed by atoms with Crippen LogP contribution in [0.25, 0.3) is 0 Å². The van der Waals surface area contributed by atoms with Crippen LogP contribution in [0.15, 0.2) is 36.4 Å². The minimum absolute atomic E-state index is 0.252. The summed E-state index contributed by atoms with van der Waals surface area (Å²) in [6.45, 7) is 3.95. The highest BCUT2D eigenvalue weighted by molar-refractivity contribution is 5.88. The molecule has 0 saturated carbocycles. The number of pyridine rings is 1. The molecule has 0 aliphatic rings. The second-order valence-corrected chi connectivity index (χ2v) is 4.39. The van der Waals surface area contributed by atoms with E-state index in [1.807, 2.05) is 38.1 Å². The number of aryl methyl sites for hydroxylation is 2. The van der Waals surface area contributed by atoms with Crippen molar-refractivity contribution in [1.29, 1.82) is 0 Å². The van der Waals surface area contributed by atoms with Crippen LogP contribution in [0, 0.1) is 6.92 Å². The van der Waals surface area contributed by atoms with Crippen molar-refractivity contribution in [2.75, 3.05) is 5.32 Å². The lowest BCUT2D eigenvalue weighted by Gasteiger charge is -2.09. The minimum Gasteiger partial charge on any atom is -0.478 e. The van der Waals surface area contributed by atoms with E-state index >= 15 is 0 Å². The second kappa shape index (κ2) is 5.52. The van der Waals surface area contributed by atoms with E-state index in [-0.39, 0.29) is 5.56 Å². The molecule has 0 radical (unpaired) electrons. The van der Waals surface area contributed by atoms with Gasteiger partial charge < -0.3 is 10.4 Å². The van der Waals surface area contributed by atoms with Gasteiger partial charge in [0.1, 0.15) is 5.82 Å². The summed E-state index contributed by atoms with van der Waals surface area (Å²) in [5.74, 6) is -0.383. The van der Waals surface area contributed by atoms with Crippen LogP contribution >= 0.6 is 0 Å². The number of nitrogens with zero attached hydrogens (tertiary/aromatic N) is 1. The van der Waals surface area contributed by atoms with Crippen LogP contribution in [0.4, 0.5) is 11.5 Å². The van der Waals surface area contributed by atoms with E-state index in [0.29, 0.717) is 12.2 Å². The fourth-order valence-electron chi connectivity index (χ4n) is 1.83. The minimum atomic E-state index is -0.940. The van der Waals surface area contributed by atoms with E-state index in [1.165, 1.54) is 0 Å². The van der Waals surface area contributed by atoms with Gasteiger partial charge in [-0.15, -0.1) is 0 Å². The summed E-state index contributed by atoms with van der Waals surface area (Å²) in [5.41, 5.74) is 3.05. The summed E-state index contributed by atoms with van der Waals surface area (Å²) in [6, 6.07) is 11.0. The van der Waals surface area contributed by atoms with Crippen LogP contribution in [0.5, 0.6) is 0 Å². The molecular formula is C15H16N2O2. The molecule has 0 aliphatic carbocycles. The van der Waals surface area contributed by atoms with Gasteiger partial charge in [-0.05, 0) is 43.2 Å². The van der Waals surface area contributed by atoms with Gasteiger partial charge >= 0.3 is 5.97 Å². The molecule has 0 spiro atoms. The van der Waals surface area contributed by atoms with Crippen molar-refractivity contribution in [2.24, 2.45) is 0 Å². The lowest BCUT2D eigenvalue weighted by atomic mass is 10.2. The van der Waals surface area contributed by atoms with Crippen LogP contribution < -0.4 is 5.32 Å². The molecule has 4 nitrogen and oxygen atoms in total. The molecule has 0 bridgehead atoms. The third-order valence-corrected chi connectivity index (χ3v) is 2.78. The fraction of sp³-hybridized carbons (Fsp3) is 0.200. The third-order valence-electron chi connectivity index (χ3n) is 2.78. The first kappa shape index (κ1) is 13.1. The third kappa shape index (κ3) is 3.31. The lowest BCUT2D eigenvalue weighted by molar-refractivity contribution is 0.0696. The van der Waals surface area contributed by atoms with Gasteiger partial charge in [-0.25, -0.2) is 9.78 Å². The zero-order valence-electron chi connectivity index (χ0n) is 11.0. The van der Waals surface area contributed by atoms with Crippen molar-refractivity contribution in [3.8, 4) is 0 Å². The maximum absolute atomic E-state index is 11.1. The van der Waals surface area contributed by atoms with Crippen LogP contribution in [0.1, 0.15) is 28.5 Å². The largest absolute Gasteiger partial charge is 0.478 e. The Morgan fingerprint density at radius 3 is 2.74 bits per heavy atom. The van der Waals surface area contributed by atoms with Crippen LogP contribution in [-0.2, 0) is 6.42 Å². The average molecular weight is 256 g/mol. The van der Waals surface area contributed by atoms with Crippen molar-refractivity contribution >= 4 is 17.5 Å². The van der Waals surface area contributed by atoms with Crippen molar-refractivity contribution in [3.63, 3.8) is 0 Å². The molecule has 0 saturated heterocycles. The zero-order chi connectivity index (χ0) is 13.8. The Hall–Kier alpha value is -2.36. The lowest BCUT2D eigenvalue weighted by Crippen LogP contribution is -2.03. The number of hydrogen-bond donors (Lipinski definition) is 2. The molecular weight excluding hydrogens is 240 g/mol. The molecule has 19 heavy (non-hydrogen) atoms. The Morgan fingerprint density at radius 1 is 1.32 bits per heavy atom. The van der Waals surface area contributed by atoms with Gasteiger partial charge in [-0.3, -0.25) is 0 Å². The summed E-state index contributed by atoms with van der Waals surface area (Å²) in [7, 11) is 0. The molecule has 1 heterocycles. The first-order valence-electron chi connectivity index (χ1n) is 6.16. The zero-order valence-corrected chi connectivity index (χ0v) is 11.0. The Labute approximate surface area is 112 Å². The quantitative estimate of drug-likeness (QED) is 0.880. The highest BCUT2D eigenvalue weighted by Gasteiger charge is 2.08. The second-order valence-electron chi connectivity index (χ2n) is 4.39. The fourth-order valence-corrected chi connectivity index (χ4v) is 1.83. The van der Waals surface area contributed by atoms with E-state index in [0.717, 1.165) is 16.9 Å². The van der Waals surface area contributed by atoms with Crippen molar-refractivity contribution in [3.05, 3.63) is 53.2 Å². The number of carboxylic acid groups (broad SMARTS) is 1. The number of carbonyl (C=O) groups is 1. The predicted octanol–water partition coefficient (Wildman–Crippen LogP) is 3.39. The normalized spacial score (nSPS) is 10.2. The van der Waals surface area contributed by atoms with Crippen LogP contribution in [0.3, 0.4) is 0 Å². The summed E-state index contributed by atoms with van der Waals surface area (Å²) >= 11 is 0. The van der Waals surface area contributed by atoms with Crippen LogP contribution in [-0.4, -0.2) is 16.1 Å². The number of anilines is 2.